The minimum atomic E-state index is -1.07. The van der Waals surface area contributed by atoms with Gasteiger partial charge in [0, 0.05) is 37.6 Å². The van der Waals surface area contributed by atoms with Gasteiger partial charge in [-0.1, -0.05) is 49.4 Å². The van der Waals surface area contributed by atoms with Crippen LogP contribution in [0, 0.1) is 5.82 Å². The number of nitrogens with one attached hydrogen (secondary N) is 2. The number of hydrogen-bond donors (Lipinski definition) is 3. The van der Waals surface area contributed by atoms with Gasteiger partial charge in [0.2, 0.25) is 5.91 Å². The van der Waals surface area contributed by atoms with Crippen molar-refractivity contribution >= 4 is 17.5 Å². The quantitative estimate of drug-likeness (QED) is 0.313. The predicted molar refractivity (Wildman–Crippen MR) is 170 cm³/mol. The lowest BCUT2D eigenvalue weighted by molar-refractivity contribution is -0.129. The van der Waals surface area contributed by atoms with Gasteiger partial charge in [-0.2, -0.15) is 0 Å². The number of carbonyl (C=O) groups is 2. The number of aliphatic hydroxyl groups excluding tert-OH is 1. The number of rotatable bonds is 9. The highest BCUT2D eigenvalue weighted by Crippen LogP contribution is 2.47. The van der Waals surface area contributed by atoms with Crippen LogP contribution in [0.1, 0.15) is 68.7 Å². The smallest absolute Gasteiger partial charge is 0.263 e. The largest absolute Gasteiger partial charge is 0.487 e. The molecule has 8 nitrogen and oxygen atoms in total. The van der Waals surface area contributed by atoms with E-state index in [0.717, 1.165) is 55.4 Å². The number of aliphatic hydroxyl groups is 1. The molecule has 1 fully saturated rings. The number of aryl methyl sites for hydroxylation is 1. The number of anilines is 1. The van der Waals surface area contributed by atoms with Crippen molar-refractivity contribution in [3.05, 3.63) is 89.2 Å². The molecule has 4 atom stereocenters. The first kappa shape index (κ1) is 31.0. The van der Waals surface area contributed by atoms with Crippen LogP contribution in [-0.4, -0.2) is 53.9 Å². The molecule has 45 heavy (non-hydrogen) atoms. The lowest BCUT2D eigenvalue weighted by Gasteiger charge is -2.41. The van der Waals surface area contributed by atoms with E-state index in [1.54, 1.807) is 0 Å². The second kappa shape index (κ2) is 13.2. The Morgan fingerprint density at radius 3 is 2.56 bits per heavy atom. The molecule has 0 bridgehead atoms. The number of carbonyl (C=O) groups excluding carboxylic acids is 2. The molecule has 2 aliphatic heterocycles. The van der Waals surface area contributed by atoms with Crippen molar-refractivity contribution in [1.29, 1.82) is 0 Å². The summed E-state index contributed by atoms with van der Waals surface area (Å²) in [6.45, 7) is 3.75. The third kappa shape index (κ3) is 6.84. The fourth-order valence-corrected chi connectivity index (χ4v) is 6.97. The summed E-state index contributed by atoms with van der Waals surface area (Å²) in [5.41, 5.74) is 3.51. The summed E-state index contributed by atoms with van der Waals surface area (Å²) in [4.78, 5) is 27.5. The van der Waals surface area contributed by atoms with Crippen molar-refractivity contribution in [2.75, 3.05) is 18.0 Å². The minimum Gasteiger partial charge on any atom is -0.487 e. The van der Waals surface area contributed by atoms with Crippen LogP contribution in [0.2, 0.25) is 0 Å². The highest BCUT2D eigenvalue weighted by Gasteiger charge is 2.43. The van der Waals surface area contributed by atoms with Gasteiger partial charge < -0.3 is 30.1 Å². The van der Waals surface area contributed by atoms with Crippen molar-refractivity contribution in [3.63, 3.8) is 0 Å². The highest BCUT2D eigenvalue weighted by molar-refractivity contribution is 5.96. The number of nitrogens with zero attached hydrogens (tertiary/aromatic N) is 1. The molecule has 2 amide bonds. The molecule has 0 saturated heterocycles. The SMILES string of the molecule is CCc1ccc2c(c1)[C@@H](NC[C@@H](O)[C@H](Cc1ccccc1)NC(=O)[C@H]1CN(C(C)=O)c3ccc(F)cc3O1)CC1(CCCC1)O2. The zero-order valence-corrected chi connectivity index (χ0v) is 25.9. The van der Waals surface area contributed by atoms with Gasteiger partial charge in [-0.15, -0.1) is 0 Å². The summed E-state index contributed by atoms with van der Waals surface area (Å²) >= 11 is 0. The molecule has 0 radical (unpaired) electrons. The predicted octanol–water partition coefficient (Wildman–Crippen LogP) is 5.02. The lowest BCUT2D eigenvalue weighted by Crippen LogP contribution is -2.56. The van der Waals surface area contributed by atoms with Crippen molar-refractivity contribution in [2.45, 2.75) is 88.7 Å². The van der Waals surface area contributed by atoms with Crippen LogP contribution in [0.5, 0.6) is 11.5 Å². The van der Waals surface area contributed by atoms with Gasteiger partial charge in [-0.3, -0.25) is 9.59 Å². The average Bonchev–Trinajstić information content (AvgIpc) is 3.49. The first-order valence-corrected chi connectivity index (χ1v) is 16.1. The van der Waals surface area contributed by atoms with E-state index < -0.39 is 30.0 Å². The first-order valence-electron chi connectivity index (χ1n) is 16.1. The maximum atomic E-state index is 14.0. The number of ether oxygens (including phenoxy) is 2. The van der Waals surface area contributed by atoms with E-state index in [1.165, 1.54) is 35.6 Å². The van der Waals surface area contributed by atoms with Crippen molar-refractivity contribution in [1.82, 2.24) is 10.6 Å². The zero-order valence-electron chi connectivity index (χ0n) is 25.9. The highest BCUT2D eigenvalue weighted by atomic mass is 19.1. The van der Waals surface area contributed by atoms with Gasteiger partial charge in [0.15, 0.2) is 6.10 Å². The van der Waals surface area contributed by atoms with E-state index in [9.17, 15) is 19.1 Å². The van der Waals surface area contributed by atoms with E-state index >= 15 is 0 Å². The maximum Gasteiger partial charge on any atom is 0.263 e. The van der Waals surface area contributed by atoms with Crippen LogP contribution in [0.4, 0.5) is 10.1 Å². The third-order valence-electron chi connectivity index (χ3n) is 9.44. The number of hydrogen-bond acceptors (Lipinski definition) is 6. The topological polar surface area (TPSA) is 100 Å². The summed E-state index contributed by atoms with van der Waals surface area (Å²) in [5, 5.41) is 18.3. The molecule has 1 saturated carbocycles. The lowest BCUT2D eigenvalue weighted by atomic mass is 9.85. The number of amides is 2. The summed E-state index contributed by atoms with van der Waals surface area (Å²) in [7, 11) is 0. The molecule has 238 valence electrons. The molecule has 1 spiro atoms. The van der Waals surface area contributed by atoms with Gasteiger partial charge in [-0.25, -0.2) is 4.39 Å². The van der Waals surface area contributed by atoms with Gasteiger partial charge in [0.1, 0.15) is 22.9 Å². The van der Waals surface area contributed by atoms with Crippen LogP contribution in [0.3, 0.4) is 0 Å². The molecular formula is C36H42FN3O5. The van der Waals surface area contributed by atoms with Crippen LogP contribution >= 0.6 is 0 Å². The Bertz CT molecular complexity index is 1530. The normalized spacial score (nSPS) is 21.2. The third-order valence-corrected chi connectivity index (χ3v) is 9.44. The molecule has 3 N–H and O–H groups in total. The molecule has 3 aliphatic rings. The molecule has 1 aliphatic carbocycles. The number of halogens is 1. The summed E-state index contributed by atoms with van der Waals surface area (Å²) in [6, 6.07) is 19.3. The molecule has 0 aromatic heterocycles. The van der Waals surface area contributed by atoms with E-state index in [2.05, 4.69) is 35.8 Å². The van der Waals surface area contributed by atoms with E-state index in [0.29, 0.717) is 12.1 Å². The van der Waals surface area contributed by atoms with Crippen molar-refractivity contribution < 1.29 is 28.6 Å². The zero-order chi connectivity index (χ0) is 31.6. The first-order chi connectivity index (χ1) is 21.7. The van der Waals surface area contributed by atoms with Crippen molar-refractivity contribution in [3.8, 4) is 11.5 Å². The Morgan fingerprint density at radius 1 is 1.04 bits per heavy atom. The summed E-state index contributed by atoms with van der Waals surface area (Å²) < 4.78 is 26.5. The van der Waals surface area contributed by atoms with Gasteiger partial charge >= 0.3 is 0 Å². The Balaban J connectivity index is 1.20. The minimum absolute atomic E-state index is 0.00159. The van der Waals surface area contributed by atoms with Gasteiger partial charge in [0.25, 0.3) is 5.91 Å². The summed E-state index contributed by atoms with van der Waals surface area (Å²) in [6.07, 6.45) is 4.43. The molecule has 3 aromatic carbocycles. The van der Waals surface area contributed by atoms with Gasteiger partial charge in [-0.05, 0) is 67.9 Å². The van der Waals surface area contributed by atoms with E-state index in [-0.39, 0.29) is 36.4 Å². The number of benzene rings is 3. The second-order valence-corrected chi connectivity index (χ2v) is 12.6. The standard InChI is InChI=1S/C36H42FN3O5/c1-3-24-11-14-32-27(17-24)29(20-36(45-32)15-7-8-16-36)38-21-31(42)28(18-25-9-5-4-6-10-25)39-35(43)34-22-40(23(2)41)30-13-12-26(37)19-33(30)44-34/h4-6,9-14,17,19,28-29,31,34,38,42H,3,7-8,15-16,18,20-22H2,1-2H3,(H,39,43)/t28-,29-,31+,34+/m0/s1. The molecule has 9 heteroatoms. The van der Waals surface area contributed by atoms with Crippen LogP contribution in [0.25, 0.3) is 0 Å². The second-order valence-electron chi connectivity index (χ2n) is 12.6. The van der Waals surface area contributed by atoms with Crippen LogP contribution in [-0.2, 0) is 22.4 Å². The Hall–Kier alpha value is -3.95. The van der Waals surface area contributed by atoms with Crippen LogP contribution < -0.4 is 25.0 Å². The van der Waals surface area contributed by atoms with Gasteiger partial charge in [0.05, 0.1) is 24.4 Å². The Labute approximate surface area is 263 Å². The Kier molecular flexibility index (Phi) is 9.10. The van der Waals surface area contributed by atoms with Crippen molar-refractivity contribution in [2.24, 2.45) is 0 Å². The average molecular weight is 616 g/mol. The molecular weight excluding hydrogens is 573 g/mol. The number of fused-ring (bicyclic) bond motifs is 2. The fraction of sp³-hybridized carbons (Fsp3) is 0.444. The maximum absolute atomic E-state index is 14.0. The summed E-state index contributed by atoms with van der Waals surface area (Å²) in [5.74, 6) is -0.254. The molecule has 6 rings (SSSR count). The monoisotopic (exact) mass is 615 g/mol. The molecule has 2 heterocycles. The van der Waals surface area contributed by atoms with E-state index in [1.807, 2.05) is 30.3 Å². The van der Waals surface area contributed by atoms with Crippen LogP contribution in [0.15, 0.2) is 66.7 Å². The molecule has 0 unspecified atom stereocenters. The van der Waals surface area contributed by atoms with E-state index in [4.69, 9.17) is 9.47 Å². The Morgan fingerprint density at radius 2 is 1.82 bits per heavy atom. The molecule has 3 aromatic rings. The fourth-order valence-electron chi connectivity index (χ4n) is 6.97.